The van der Waals surface area contributed by atoms with E-state index in [1.807, 2.05) is 42.5 Å². The Hall–Kier alpha value is -5.58. The van der Waals surface area contributed by atoms with Gasteiger partial charge in [-0.25, -0.2) is 9.13 Å². The molecule has 0 aliphatic rings. The molecule has 0 saturated carbocycles. The summed E-state index contributed by atoms with van der Waals surface area (Å²) in [6.07, 6.45) is 92.2. The number of allylic oxidation sites excluding steroid dienone is 28. The SMILES string of the molecule is CCCCC/C=C\C/C=C\C/C=C\C/C=C\C/C=C\CCC(=O)OC[C@H](COP(=O)(O)OC[C@@H](O)COP(=O)(O)OC[C@@H](COC(=O)CCCCCCC/C=C\CCCCCC)OC(=O)CCC/C=C\C/C=C\C/C=C\C/C=C\CCCCC)OC(=O)CCC/C=C\C/C=C\C/C=C\C/C=C\CCCCC. The average Bonchev–Trinajstić information content (AvgIpc) is 0.903. The lowest BCUT2D eigenvalue weighted by Gasteiger charge is -2.21. The molecule has 602 valence electrons. The van der Waals surface area contributed by atoms with E-state index in [1.165, 1.54) is 83.5 Å². The molecule has 0 aliphatic heterocycles. The number of phosphoric acid groups is 2. The zero-order valence-electron chi connectivity index (χ0n) is 65.8. The van der Waals surface area contributed by atoms with Gasteiger partial charge in [-0.15, -0.1) is 0 Å². The smallest absolute Gasteiger partial charge is 0.462 e. The van der Waals surface area contributed by atoms with Crippen LogP contribution in [0.25, 0.3) is 0 Å². The van der Waals surface area contributed by atoms with Gasteiger partial charge in [-0.2, -0.15) is 0 Å². The predicted octanol–water partition coefficient (Wildman–Crippen LogP) is 23.8. The second-order valence-electron chi connectivity index (χ2n) is 26.3. The van der Waals surface area contributed by atoms with Crippen LogP contribution in [0.2, 0.25) is 0 Å². The van der Waals surface area contributed by atoms with Crippen LogP contribution in [-0.4, -0.2) is 96.7 Å². The van der Waals surface area contributed by atoms with Crippen molar-refractivity contribution < 1.29 is 80.2 Å². The van der Waals surface area contributed by atoms with Crippen molar-refractivity contribution >= 4 is 39.5 Å². The molecule has 106 heavy (non-hydrogen) atoms. The summed E-state index contributed by atoms with van der Waals surface area (Å²) in [5, 5.41) is 10.6. The molecular formula is C87H142O17P2. The summed E-state index contributed by atoms with van der Waals surface area (Å²) in [6.45, 7) is 4.54. The Morgan fingerprint density at radius 2 is 0.491 bits per heavy atom. The average molecular weight is 1520 g/mol. The van der Waals surface area contributed by atoms with Crippen LogP contribution in [0.4, 0.5) is 0 Å². The lowest BCUT2D eigenvalue weighted by atomic mass is 10.1. The molecule has 0 aromatic carbocycles. The third-order valence-electron chi connectivity index (χ3n) is 16.1. The maximum absolute atomic E-state index is 13.1. The van der Waals surface area contributed by atoms with Crippen LogP contribution in [0.15, 0.2) is 170 Å². The number of carbonyl (C=O) groups is 4. The van der Waals surface area contributed by atoms with Crippen molar-refractivity contribution in [2.45, 2.75) is 316 Å². The second kappa shape index (κ2) is 77.6. The summed E-state index contributed by atoms with van der Waals surface area (Å²) in [5.41, 5.74) is 0. The molecule has 19 heteroatoms. The first-order valence-electron chi connectivity index (χ1n) is 40.4. The van der Waals surface area contributed by atoms with Crippen LogP contribution in [-0.2, 0) is 65.4 Å². The Bertz CT molecular complexity index is 2680. The van der Waals surface area contributed by atoms with Crippen molar-refractivity contribution in [3.05, 3.63) is 170 Å². The second-order valence-corrected chi connectivity index (χ2v) is 29.2. The van der Waals surface area contributed by atoms with Gasteiger partial charge in [-0.3, -0.25) is 37.3 Å². The van der Waals surface area contributed by atoms with Gasteiger partial charge in [-0.05, 0) is 167 Å². The summed E-state index contributed by atoms with van der Waals surface area (Å²) in [7, 11) is -10.0. The van der Waals surface area contributed by atoms with Crippen LogP contribution in [0.1, 0.15) is 297 Å². The Morgan fingerprint density at radius 3 is 0.821 bits per heavy atom. The standard InChI is InChI=1S/C87H142O17P2/c1-5-9-13-17-21-25-29-33-36-39-40-43-44-48-52-56-60-64-68-72-85(90)98-78-83(104-87(92)74-70-66-62-58-54-50-46-42-38-35-31-27-23-19-15-11-7-3)80-102-106(95,96)100-76-81(88)75-99-105(93,94)101-79-82(77-97-84(89)71-67-63-59-55-51-47-32-28-24-20-16-12-8-4)103-86(91)73-69-65-61-57-53-49-45-41-37-34-30-26-22-18-14-10-6-2/h21-23,25-28,32-38,40,43,45-46,48-50,52,57-58,60-62,64,81-83,88H,5-20,24,29-31,39,41-42,44,47,51,53-56,59,63,65-80H2,1-4H3,(H,93,94)(H,95,96)/b25-21-,26-22-,27-23-,32-28-,36-33-,37-34-,38-35-,43-40-,49-45-,50-46-,52-48-,61-57-,62-58-,64-60-/t81-,82+,83+/m0/s1. The van der Waals surface area contributed by atoms with E-state index in [9.17, 15) is 43.2 Å². The van der Waals surface area contributed by atoms with Crippen molar-refractivity contribution in [3.63, 3.8) is 0 Å². The van der Waals surface area contributed by atoms with E-state index in [0.717, 1.165) is 116 Å². The monoisotopic (exact) mass is 1520 g/mol. The highest BCUT2D eigenvalue weighted by molar-refractivity contribution is 7.47. The quantitative estimate of drug-likeness (QED) is 0.0169. The molecule has 3 N–H and O–H groups in total. The molecule has 17 nitrogen and oxygen atoms in total. The summed E-state index contributed by atoms with van der Waals surface area (Å²) in [5.74, 6) is -2.43. The van der Waals surface area contributed by atoms with Crippen molar-refractivity contribution in [1.82, 2.24) is 0 Å². The number of rotatable bonds is 74. The van der Waals surface area contributed by atoms with Crippen LogP contribution in [0.5, 0.6) is 0 Å². The molecule has 0 aromatic heterocycles. The highest BCUT2D eigenvalue weighted by Crippen LogP contribution is 2.45. The van der Waals surface area contributed by atoms with E-state index in [1.54, 1.807) is 0 Å². The Balaban J connectivity index is 5.55. The van der Waals surface area contributed by atoms with Gasteiger partial charge in [-0.1, -0.05) is 275 Å². The highest BCUT2D eigenvalue weighted by Gasteiger charge is 2.30. The van der Waals surface area contributed by atoms with Crippen molar-refractivity contribution in [2.24, 2.45) is 0 Å². The number of hydrogen-bond acceptors (Lipinski definition) is 15. The van der Waals surface area contributed by atoms with Crippen molar-refractivity contribution in [3.8, 4) is 0 Å². The van der Waals surface area contributed by atoms with E-state index in [2.05, 4.69) is 155 Å². The van der Waals surface area contributed by atoms with Gasteiger partial charge in [0.2, 0.25) is 0 Å². The molecule has 0 amide bonds. The maximum Gasteiger partial charge on any atom is 0.472 e. The molecule has 0 rings (SSSR count). The van der Waals surface area contributed by atoms with Gasteiger partial charge in [0.25, 0.3) is 0 Å². The van der Waals surface area contributed by atoms with E-state index < -0.39 is 97.5 Å². The first kappa shape index (κ1) is 100. The van der Waals surface area contributed by atoms with E-state index >= 15 is 0 Å². The summed E-state index contributed by atoms with van der Waals surface area (Å²) < 4.78 is 68.4. The summed E-state index contributed by atoms with van der Waals surface area (Å²) in [6, 6.07) is 0. The van der Waals surface area contributed by atoms with E-state index in [0.29, 0.717) is 44.9 Å². The Morgan fingerprint density at radius 1 is 0.264 bits per heavy atom. The molecule has 0 aromatic rings. The molecule has 0 heterocycles. The number of esters is 4. The van der Waals surface area contributed by atoms with Gasteiger partial charge in [0.05, 0.1) is 26.4 Å². The fraction of sp³-hybridized carbons (Fsp3) is 0.632. The predicted molar refractivity (Wildman–Crippen MR) is 436 cm³/mol. The zero-order valence-corrected chi connectivity index (χ0v) is 67.6. The minimum absolute atomic E-state index is 0.00404. The van der Waals surface area contributed by atoms with Crippen LogP contribution < -0.4 is 0 Å². The first-order chi connectivity index (χ1) is 51.7. The van der Waals surface area contributed by atoms with Crippen molar-refractivity contribution in [1.29, 1.82) is 0 Å². The lowest BCUT2D eigenvalue weighted by molar-refractivity contribution is -0.161. The van der Waals surface area contributed by atoms with Gasteiger partial charge in [0.15, 0.2) is 12.2 Å². The van der Waals surface area contributed by atoms with Crippen molar-refractivity contribution in [2.75, 3.05) is 39.6 Å². The molecule has 5 atom stereocenters. The fourth-order valence-electron chi connectivity index (χ4n) is 9.95. The number of ether oxygens (including phenoxy) is 4. The van der Waals surface area contributed by atoms with Gasteiger partial charge < -0.3 is 33.8 Å². The number of aliphatic hydroxyl groups is 1. The molecule has 2 unspecified atom stereocenters. The van der Waals surface area contributed by atoms with Gasteiger partial charge in [0, 0.05) is 25.7 Å². The molecule has 0 radical (unpaired) electrons. The van der Waals surface area contributed by atoms with Crippen LogP contribution >= 0.6 is 15.6 Å². The third kappa shape index (κ3) is 76.6. The fourth-order valence-corrected chi connectivity index (χ4v) is 11.5. The largest absolute Gasteiger partial charge is 0.472 e. The molecule has 0 fully saturated rings. The molecule has 0 aliphatic carbocycles. The molecule has 0 saturated heterocycles. The molecular weight excluding hydrogens is 1380 g/mol. The third-order valence-corrected chi connectivity index (χ3v) is 18.0. The zero-order chi connectivity index (χ0) is 77.4. The number of hydrogen-bond donors (Lipinski definition) is 3. The van der Waals surface area contributed by atoms with Crippen LogP contribution in [0, 0.1) is 0 Å². The Kier molecular flexibility index (Phi) is 73.5. The minimum Gasteiger partial charge on any atom is -0.462 e. The number of unbranched alkanes of at least 4 members (excludes halogenated alkanes) is 20. The van der Waals surface area contributed by atoms with E-state index in [-0.39, 0.29) is 25.7 Å². The Labute approximate surface area is 642 Å². The van der Waals surface area contributed by atoms with E-state index in [4.69, 9.17) is 37.0 Å². The highest BCUT2D eigenvalue weighted by atomic mass is 31.2. The minimum atomic E-state index is -5.02. The topological polar surface area (TPSA) is 237 Å². The maximum atomic E-state index is 13.1. The number of carbonyl (C=O) groups excluding carboxylic acids is 4. The lowest BCUT2D eigenvalue weighted by Crippen LogP contribution is -2.30. The summed E-state index contributed by atoms with van der Waals surface area (Å²) in [4.78, 5) is 73.0. The normalized spacial score (nSPS) is 14.7. The summed E-state index contributed by atoms with van der Waals surface area (Å²) >= 11 is 0. The van der Waals surface area contributed by atoms with Gasteiger partial charge >= 0.3 is 39.5 Å². The first-order valence-corrected chi connectivity index (χ1v) is 43.4. The number of phosphoric ester groups is 2. The molecule has 0 spiro atoms. The van der Waals surface area contributed by atoms with Gasteiger partial charge in [0.1, 0.15) is 19.3 Å². The van der Waals surface area contributed by atoms with Crippen LogP contribution in [0.3, 0.4) is 0 Å². The molecule has 0 bridgehead atoms. The number of aliphatic hydroxyl groups excluding tert-OH is 1.